The van der Waals surface area contributed by atoms with Crippen LogP contribution in [0.25, 0.3) is 0 Å². The molecule has 6 N–H and O–H groups in total. The maximum Gasteiger partial charge on any atom is 0.191 e. The fraction of sp³-hybridized carbons (Fsp3) is 0. The van der Waals surface area contributed by atoms with Gasteiger partial charge < -0.3 is 0 Å². The van der Waals surface area contributed by atoms with Gasteiger partial charge in [-0.2, -0.15) is 4.21 Å². The normalized spacial score (nSPS) is 16.3. The Bertz CT molecular complexity index is 90.6. The van der Waals surface area contributed by atoms with E-state index in [4.69, 9.17) is 9.11 Å². The Balaban J connectivity index is 0. The van der Waals surface area contributed by atoms with E-state index in [0.29, 0.717) is 0 Å². The molecular formula is H6N2O3PdS. The van der Waals surface area contributed by atoms with Gasteiger partial charge >= 0.3 is 0 Å². The fourth-order valence-electron chi connectivity index (χ4n) is 0. The SMILES string of the molecule is NS(N)(=O)(O)O.[Pd]. The molecule has 0 saturated heterocycles. The van der Waals surface area contributed by atoms with Crippen molar-refractivity contribution in [1.29, 1.82) is 0 Å². The van der Waals surface area contributed by atoms with Gasteiger partial charge in [0.1, 0.15) is 0 Å². The van der Waals surface area contributed by atoms with E-state index in [-0.39, 0.29) is 20.4 Å². The Morgan fingerprint density at radius 1 is 1.29 bits per heavy atom. The summed E-state index contributed by atoms with van der Waals surface area (Å²) in [5.41, 5.74) is 0. The zero-order valence-electron chi connectivity index (χ0n) is 3.18. The maximum absolute atomic E-state index is 9.46. The van der Waals surface area contributed by atoms with Crippen molar-refractivity contribution in [3.8, 4) is 0 Å². The minimum Gasteiger partial charge on any atom is -0.286 e. The predicted molar refractivity (Wildman–Crippen MR) is 21.8 cm³/mol. The summed E-state index contributed by atoms with van der Waals surface area (Å²) in [7, 11) is -5.10. The third-order valence-electron chi connectivity index (χ3n) is 0. The molecule has 5 nitrogen and oxygen atoms in total. The number of rotatable bonds is 0. The summed E-state index contributed by atoms with van der Waals surface area (Å²) in [6.07, 6.45) is 0. The van der Waals surface area contributed by atoms with Crippen LogP contribution in [0.2, 0.25) is 0 Å². The minimum absolute atomic E-state index is 0. The Morgan fingerprint density at radius 2 is 1.29 bits per heavy atom. The Kier molecular flexibility index (Phi) is 2.84. The van der Waals surface area contributed by atoms with Crippen molar-refractivity contribution < 1.29 is 33.7 Å². The second-order valence-electron chi connectivity index (χ2n) is 0.981. The van der Waals surface area contributed by atoms with E-state index >= 15 is 0 Å². The molecule has 0 aromatic carbocycles. The van der Waals surface area contributed by atoms with Gasteiger partial charge in [0.25, 0.3) is 0 Å². The number of nitrogens with two attached hydrogens (primary N) is 2. The van der Waals surface area contributed by atoms with E-state index in [1.165, 1.54) is 0 Å². The topological polar surface area (TPSA) is 110 Å². The summed E-state index contributed by atoms with van der Waals surface area (Å²) < 4.78 is 24.8. The van der Waals surface area contributed by atoms with Crippen LogP contribution in [0.3, 0.4) is 0 Å². The molecular weight excluding hydrogens is 214 g/mol. The van der Waals surface area contributed by atoms with Crippen molar-refractivity contribution >= 4 is 10.00 Å². The minimum atomic E-state index is -5.10. The van der Waals surface area contributed by atoms with Gasteiger partial charge in [0, 0.05) is 20.4 Å². The molecule has 0 unspecified atom stereocenters. The van der Waals surface area contributed by atoms with Crippen molar-refractivity contribution in [3.05, 3.63) is 0 Å². The third kappa shape index (κ3) is 338. The maximum atomic E-state index is 9.46. The summed E-state index contributed by atoms with van der Waals surface area (Å²) in [4.78, 5) is 0. The van der Waals surface area contributed by atoms with Gasteiger partial charge in [-0.25, -0.2) is 10.3 Å². The van der Waals surface area contributed by atoms with Crippen LogP contribution in [0.15, 0.2) is 0 Å². The second kappa shape index (κ2) is 1.87. The fourth-order valence-corrected chi connectivity index (χ4v) is 0. The van der Waals surface area contributed by atoms with Crippen LogP contribution in [0.5, 0.6) is 0 Å². The zero-order valence-corrected chi connectivity index (χ0v) is 5.55. The van der Waals surface area contributed by atoms with Crippen LogP contribution in [0.4, 0.5) is 0 Å². The number of hydrogen-bond acceptors (Lipinski definition) is 1. The van der Waals surface area contributed by atoms with Gasteiger partial charge in [-0.15, -0.1) is 0 Å². The average molecular weight is 221 g/mol. The first-order valence-electron chi connectivity index (χ1n) is 1.00. The molecule has 0 aliphatic heterocycles. The zero-order chi connectivity index (χ0) is 5.45. The van der Waals surface area contributed by atoms with Gasteiger partial charge in [-0.05, 0) is 0 Å². The standard InChI is InChI=1S/H6N2O3S.Pd/c1-6(2,3,4)5;/h(H6,1,2,3,4,5);. The molecule has 0 saturated carbocycles. The van der Waals surface area contributed by atoms with Gasteiger partial charge in [-0.3, -0.25) is 9.11 Å². The molecule has 0 radical (unpaired) electrons. The quantitative estimate of drug-likeness (QED) is 0.373. The first-order valence-corrected chi connectivity index (χ1v) is 3.01. The van der Waals surface area contributed by atoms with Gasteiger partial charge in [0.15, 0.2) is 10.00 Å². The molecule has 0 bridgehead atoms. The number of hydrogen-bond donors (Lipinski definition) is 4. The van der Waals surface area contributed by atoms with Crippen LogP contribution in [0, 0.1) is 0 Å². The van der Waals surface area contributed by atoms with Crippen molar-refractivity contribution in [1.82, 2.24) is 0 Å². The summed E-state index contributed by atoms with van der Waals surface area (Å²) in [6.45, 7) is 0. The third-order valence-corrected chi connectivity index (χ3v) is 0. The van der Waals surface area contributed by atoms with Crippen LogP contribution in [0.1, 0.15) is 0 Å². The molecule has 0 fully saturated rings. The van der Waals surface area contributed by atoms with Crippen molar-refractivity contribution in [2.24, 2.45) is 10.3 Å². The van der Waals surface area contributed by atoms with Crippen molar-refractivity contribution in [2.45, 2.75) is 0 Å². The van der Waals surface area contributed by atoms with E-state index in [1.54, 1.807) is 0 Å². The Hall–Kier alpha value is 0.652. The van der Waals surface area contributed by atoms with Crippen molar-refractivity contribution in [3.63, 3.8) is 0 Å². The van der Waals surface area contributed by atoms with Crippen LogP contribution >= 0.6 is 0 Å². The Morgan fingerprint density at radius 3 is 1.29 bits per heavy atom. The van der Waals surface area contributed by atoms with E-state index in [2.05, 4.69) is 10.3 Å². The first-order chi connectivity index (χ1) is 2.24. The summed E-state index contributed by atoms with van der Waals surface area (Å²) in [5, 5.41) is 8.08. The van der Waals surface area contributed by atoms with E-state index in [1.807, 2.05) is 0 Å². The monoisotopic (exact) mass is 220 g/mol. The summed E-state index contributed by atoms with van der Waals surface area (Å²) in [6, 6.07) is 0. The summed E-state index contributed by atoms with van der Waals surface area (Å²) >= 11 is 0. The van der Waals surface area contributed by atoms with Crippen LogP contribution in [-0.4, -0.2) is 13.3 Å². The Labute approximate surface area is 54.4 Å². The van der Waals surface area contributed by atoms with Crippen LogP contribution < -0.4 is 10.3 Å². The van der Waals surface area contributed by atoms with Gasteiger partial charge in [-0.1, -0.05) is 0 Å². The second-order valence-corrected chi connectivity index (χ2v) is 2.94. The van der Waals surface area contributed by atoms with Crippen molar-refractivity contribution in [2.75, 3.05) is 0 Å². The smallest absolute Gasteiger partial charge is 0.191 e. The van der Waals surface area contributed by atoms with Crippen LogP contribution in [-0.2, 0) is 30.4 Å². The van der Waals surface area contributed by atoms with E-state index in [0.717, 1.165) is 0 Å². The summed E-state index contributed by atoms with van der Waals surface area (Å²) in [5.74, 6) is 0. The molecule has 0 atom stereocenters. The molecule has 0 spiro atoms. The van der Waals surface area contributed by atoms with E-state index < -0.39 is 10.00 Å². The molecule has 7 heavy (non-hydrogen) atoms. The molecule has 0 heterocycles. The molecule has 7 heteroatoms. The molecule has 50 valence electrons. The first kappa shape index (κ1) is 10.6. The molecule has 0 aromatic heterocycles. The molecule has 0 aliphatic rings. The van der Waals surface area contributed by atoms with Gasteiger partial charge in [0.05, 0.1) is 0 Å². The average Bonchev–Trinajstić information content (AvgIpc) is 0.650. The largest absolute Gasteiger partial charge is 0.286 e. The molecule has 0 rings (SSSR count). The predicted octanol–water partition coefficient (Wildman–Crippen LogP) is -1.50. The molecule has 0 amide bonds. The molecule has 0 aliphatic carbocycles. The van der Waals surface area contributed by atoms with E-state index in [9.17, 15) is 4.21 Å². The van der Waals surface area contributed by atoms with Gasteiger partial charge in [0.2, 0.25) is 0 Å². The molecule has 0 aromatic rings.